The number of methoxy groups -OCH3 is 1. The minimum atomic E-state index is 0.0747. The summed E-state index contributed by atoms with van der Waals surface area (Å²) in [6.45, 7) is 1.78. The zero-order valence-electron chi connectivity index (χ0n) is 12.4. The molecule has 4 nitrogen and oxygen atoms in total. The number of amides is 1. The van der Waals surface area contributed by atoms with E-state index in [1.165, 1.54) is 12.8 Å². The highest BCUT2D eigenvalue weighted by Crippen LogP contribution is 2.36. The Bertz CT molecular complexity index is 532. The Labute approximate surface area is 125 Å². The second kappa shape index (κ2) is 6.20. The first-order chi connectivity index (χ1) is 10.3. The predicted molar refractivity (Wildman–Crippen MR) is 80.6 cm³/mol. The van der Waals surface area contributed by atoms with Crippen molar-refractivity contribution in [3.63, 3.8) is 0 Å². The monoisotopic (exact) mass is 287 g/mol. The van der Waals surface area contributed by atoms with Crippen LogP contribution in [0, 0.1) is 0 Å². The molecule has 1 saturated heterocycles. The first kappa shape index (κ1) is 14.0. The number of allylic oxidation sites excluding steroid dienone is 1. The van der Waals surface area contributed by atoms with Crippen molar-refractivity contribution < 1.29 is 14.3 Å². The summed E-state index contributed by atoms with van der Waals surface area (Å²) < 4.78 is 10.6. The van der Waals surface area contributed by atoms with E-state index in [-0.39, 0.29) is 12.5 Å². The van der Waals surface area contributed by atoms with E-state index in [9.17, 15) is 4.79 Å². The van der Waals surface area contributed by atoms with E-state index in [4.69, 9.17) is 9.47 Å². The van der Waals surface area contributed by atoms with Gasteiger partial charge in [-0.25, -0.2) is 0 Å². The van der Waals surface area contributed by atoms with E-state index >= 15 is 0 Å². The number of carbonyl (C=O) groups is 1. The summed E-state index contributed by atoms with van der Waals surface area (Å²) in [5.41, 5.74) is 3.23. The zero-order valence-corrected chi connectivity index (χ0v) is 12.4. The highest BCUT2D eigenvalue weighted by molar-refractivity contribution is 5.78. The van der Waals surface area contributed by atoms with Gasteiger partial charge in [-0.3, -0.25) is 4.79 Å². The van der Waals surface area contributed by atoms with Gasteiger partial charge in [0.1, 0.15) is 11.5 Å². The average molecular weight is 287 g/mol. The molecular weight excluding hydrogens is 266 g/mol. The molecule has 2 fully saturated rings. The van der Waals surface area contributed by atoms with Gasteiger partial charge in [0.2, 0.25) is 0 Å². The average Bonchev–Trinajstić information content (AvgIpc) is 3.38. The highest BCUT2D eigenvalue weighted by Gasteiger charge is 2.24. The Morgan fingerprint density at radius 3 is 2.14 bits per heavy atom. The lowest BCUT2D eigenvalue weighted by Gasteiger charge is -2.28. The highest BCUT2D eigenvalue weighted by atomic mass is 16.5. The van der Waals surface area contributed by atoms with Crippen molar-refractivity contribution in [2.45, 2.75) is 25.7 Å². The molecule has 3 rings (SSSR count). The number of carbonyl (C=O) groups excluding carboxylic acids is 1. The topological polar surface area (TPSA) is 38.8 Å². The molecule has 1 aromatic rings. The van der Waals surface area contributed by atoms with Crippen molar-refractivity contribution >= 4 is 5.91 Å². The number of likely N-dealkylation sites (tertiary alicyclic amines) is 1. The van der Waals surface area contributed by atoms with Gasteiger partial charge in [-0.2, -0.15) is 0 Å². The van der Waals surface area contributed by atoms with Crippen LogP contribution in [0.2, 0.25) is 0 Å². The Morgan fingerprint density at radius 2 is 1.57 bits per heavy atom. The van der Waals surface area contributed by atoms with Crippen molar-refractivity contribution in [1.29, 1.82) is 0 Å². The second-order valence-corrected chi connectivity index (χ2v) is 5.55. The zero-order chi connectivity index (χ0) is 14.7. The second-order valence-electron chi connectivity index (χ2n) is 5.55. The summed E-state index contributed by atoms with van der Waals surface area (Å²) in [5.74, 6) is 1.55. The molecule has 0 spiro atoms. The lowest BCUT2D eigenvalue weighted by Crippen LogP contribution is -2.39. The van der Waals surface area contributed by atoms with Crippen molar-refractivity contribution in [2.24, 2.45) is 0 Å². The third-order valence-corrected chi connectivity index (χ3v) is 4.14. The van der Waals surface area contributed by atoms with Crippen molar-refractivity contribution in [3.05, 3.63) is 35.4 Å². The molecule has 21 heavy (non-hydrogen) atoms. The molecule has 112 valence electrons. The van der Waals surface area contributed by atoms with Crippen LogP contribution in [0.5, 0.6) is 11.5 Å². The van der Waals surface area contributed by atoms with Crippen LogP contribution in [0.4, 0.5) is 0 Å². The van der Waals surface area contributed by atoms with Gasteiger partial charge in [-0.1, -0.05) is 11.1 Å². The van der Waals surface area contributed by atoms with E-state index < -0.39 is 0 Å². The molecule has 1 aliphatic heterocycles. The Kier molecular flexibility index (Phi) is 4.13. The molecule has 0 N–H and O–H groups in total. The summed E-state index contributed by atoms with van der Waals surface area (Å²) in [6, 6.07) is 7.29. The number of ether oxygens (including phenoxy) is 2. The molecule has 0 bridgehead atoms. The van der Waals surface area contributed by atoms with Crippen LogP contribution >= 0.6 is 0 Å². The van der Waals surface area contributed by atoms with Gasteiger partial charge in [0, 0.05) is 13.1 Å². The first-order valence-corrected chi connectivity index (χ1v) is 7.50. The summed E-state index contributed by atoms with van der Waals surface area (Å²) in [4.78, 5) is 14.1. The van der Waals surface area contributed by atoms with E-state index in [0.717, 1.165) is 31.7 Å². The fraction of sp³-hybridized carbons (Fsp3) is 0.471. The molecule has 0 aromatic heterocycles. The van der Waals surface area contributed by atoms with Gasteiger partial charge >= 0.3 is 0 Å². The van der Waals surface area contributed by atoms with Gasteiger partial charge in [-0.15, -0.1) is 0 Å². The fourth-order valence-electron chi connectivity index (χ4n) is 2.70. The summed E-state index contributed by atoms with van der Waals surface area (Å²) in [6.07, 6.45) is 4.65. The number of piperidine rings is 1. The first-order valence-electron chi connectivity index (χ1n) is 7.50. The molecule has 0 radical (unpaired) electrons. The predicted octanol–water partition coefficient (Wildman–Crippen LogP) is 2.79. The van der Waals surface area contributed by atoms with Gasteiger partial charge in [0.05, 0.1) is 7.11 Å². The number of rotatable bonds is 4. The number of nitrogens with zero attached hydrogens (tertiary/aromatic N) is 1. The number of hydrogen-bond donors (Lipinski definition) is 0. The van der Waals surface area contributed by atoms with Crippen molar-refractivity contribution in [1.82, 2.24) is 4.90 Å². The summed E-state index contributed by atoms with van der Waals surface area (Å²) >= 11 is 0. The third-order valence-electron chi connectivity index (χ3n) is 4.14. The smallest absolute Gasteiger partial charge is 0.260 e. The summed E-state index contributed by atoms with van der Waals surface area (Å²) in [7, 11) is 1.63. The van der Waals surface area contributed by atoms with Gasteiger partial charge in [0.25, 0.3) is 5.91 Å². The van der Waals surface area contributed by atoms with Crippen LogP contribution in [-0.4, -0.2) is 37.6 Å². The minimum absolute atomic E-state index is 0.0747. The maximum atomic E-state index is 12.1. The quantitative estimate of drug-likeness (QED) is 0.799. The molecule has 4 heteroatoms. The number of hydrogen-bond acceptors (Lipinski definition) is 3. The van der Waals surface area contributed by atoms with Crippen LogP contribution in [0.25, 0.3) is 0 Å². The SMILES string of the molecule is COc1ccc(OCC(=O)N2CCC(=C3CC3)CC2)cc1. The van der Waals surface area contributed by atoms with Gasteiger partial charge < -0.3 is 14.4 Å². The van der Waals surface area contributed by atoms with Crippen LogP contribution in [-0.2, 0) is 4.79 Å². The van der Waals surface area contributed by atoms with Crippen LogP contribution in [0.1, 0.15) is 25.7 Å². The Balaban J connectivity index is 1.46. The molecule has 1 heterocycles. The molecule has 1 aromatic carbocycles. The molecule has 0 unspecified atom stereocenters. The minimum Gasteiger partial charge on any atom is -0.497 e. The van der Waals surface area contributed by atoms with Crippen LogP contribution in [0.3, 0.4) is 0 Å². The maximum Gasteiger partial charge on any atom is 0.260 e. The van der Waals surface area contributed by atoms with Gasteiger partial charge in [-0.05, 0) is 49.9 Å². The molecule has 0 atom stereocenters. The van der Waals surface area contributed by atoms with E-state index in [0.29, 0.717) is 5.75 Å². The largest absolute Gasteiger partial charge is 0.497 e. The lowest BCUT2D eigenvalue weighted by atomic mass is 10.0. The molecule has 2 aliphatic rings. The van der Waals surface area contributed by atoms with E-state index in [1.54, 1.807) is 18.3 Å². The lowest BCUT2D eigenvalue weighted by molar-refractivity contribution is -0.133. The third kappa shape index (κ3) is 3.57. The number of benzene rings is 1. The van der Waals surface area contributed by atoms with Crippen LogP contribution < -0.4 is 9.47 Å². The molecule has 1 aliphatic carbocycles. The van der Waals surface area contributed by atoms with Crippen molar-refractivity contribution in [2.75, 3.05) is 26.8 Å². The standard InChI is InChI=1S/C17H21NO3/c1-20-15-4-6-16(7-5-15)21-12-17(19)18-10-8-14(9-11-18)13-2-3-13/h4-7H,2-3,8-12H2,1H3. The van der Waals surface area contributed by atoms with Crippen LogP contribution in [0.15, 0.2) is 35.4 Å². The normalized spacial score (nSPS) is 17.7. The van der Waals surface area contributed by atoms with Crippen molar-refractivity contribution in [3.8, 4) is 11.5 Å². The Hall–Kier alpha value is -1.97. The Morgan fingerprint density at radius 1 is 1.00 bits per heavy atom. The van der Waals surface area contributed by atoms with E-state index in [1.807, 2.05) is 29.2 Å². The molecular formula is C17H21NO3. The molecule has 1 saturated carbocycles. The van der Waals surface area contributed by atoms with Gasteiger partial charge in [0.15, 0.2) is 6.61 Å². The van der Waals surface area contributed by atoms with E-state index in [2.05, 4.69) is 0 Å². The maximum absolute atomic E-state index is 12.1. The fourth-order valence-corrected chi connectivity index (χ4v) is 2.70. The summed E-state index contributed by atoms with van der Waals surface area (Å²) in [5, 5.41) is 0. The molecule has 1 amide bonds.